The van der Waals surface area contributed by atoms with E-state index in [4.69, 9.17) is 16.7 Å². The maximum absolute atomic E-state index is 11.8. The number of amides is 2. The monoisotopic (exact) mass is 265 g/mol. The summed E-state index contributed by atoms with van der Waals surface area (Å²) < 4.78 is 0. The van der Waals surface area contributed by atoms with E-state index in [0.29, 0.717) is 5.57 Å². The van der Waals surface area contributed by atoms with Gasteiger partial charge in [0.05, 0.1) is 11.3 Å². The molecule has 0 bridgehead atoms. The number of carbonyl (C=O) groups excluding carboxylic acids is 2. The number of benzene rings is 1. The smallest absolute Gasteiger partial charge is 0.335 e. The first-order valence-corrected chi connectivity index (χ1v) is 5.38. The van der Waals surface area contributed by atoms with Crippen LogP contribution in [0.2, 0.25) is 5.02 Å². The quantitative estimate of drug-likeness (QED) is 0.828. The summed E-state index contributed by atoms with van der Waals surface area (Å²) in [5, 5.41) is 9.05. The largest absolute Gasteiger partial charge is 0.478 e. The second kappa shape index (κ2) is 4.27. The van der Waals surface area contributed by atoms with Crippen molar-refractivity contribution in [1.29, 1.82) is 0 Å². The molecule has 0 spiro atoms. The van der Waals surface area contributed by atoms with Crippen LogP contribution in [0.1, 0.15) is 17.3 Å². The Bertz CT molecular complexity index is 606. The maximum Gasteiger partial charge on any atom is 0.335 e. The molecule has 1 heterocycles. The summed E-state index contributed by atoms with van der Waals surface area (Å²) in [5.74, 6) is -2.16. The van der Waals surface area contributed by atoms with Crippen molar-refractivity contribution < 1.29 is 19.5 Å². The molecule has 0 aliphatic carbocycles. The molecule has 1 aliphatic rings. The Kier molecular flexibility index (Phi) is 2.92. The third-order valence-corrected chi connectivity index (χ3v) is 2.71. The van der Waals surface area contributed by atoms with Gasteiger partial charge in [0.1, 0.15) is 0 Å². The molecule has 0 saturated heterocycles. The maximum atomic E-state index is 11.8. The highest BCUT2D eigenvalue weighted by Crippen LogP contribution is 2.26. The van der Waals surface area contributed by atoms with Gasteiger partial charge >= 0.3 is 5.97 Å². The Hall–Kier alpha value is -2.14. The summed E-state index contributed by atoms with van der Waals surface area (Å²) in [5.41, 5.74) is 0.377. The number of anilines is 1. The number of hydrogen-bond acceptors (Lipinski definition) is 3. The molecule has 0 fully saturated rings. The Morgan fingerprint density at radius 2 is 1.94 bits per heavy atom. The minimum Gasteiger partial charge on any atom is -0.478 e. The van der Waals surface area contributed by atoms with Crippen LogP contribution in [0, 0.1) is 0 Å². The van der Waals surface area contributed by atoms with Gasteiger partial charge in [-0.3, -0.25) is 9.59 Å². The number of carboxylic acid groups (broad SMARTS) is 1. The summed E-state index contributed by atoms with van der Waals surface area (Å²) >= 11 is 5.77. The molecule has 0 radical (unpaired) electrons. The van der Waals surface area contributed by atoms with E-state index in [0.717, 1.165) is 4.90 Å². The first-order valence-electron chi connectivity index (χ1n) is 5.01. The van der Waals surface area contributed by atoms with Crippen LogP contribution in [0.25, 0.3) is 0 Å². The first-order chi connectivity index (χ1) is 8.40. The van der Waals surface area contributed by atoms with Crippen molar-refractivity contribution in [1.82, 2.24) is 0 Å². The van der Waals surface area contributed by atoms with Crippen molar-refractivity contribution in [2.75, 3.05) is 4.90 Å². The second-order valence-corrected chi connectivity index (χ2v) is 4.25. The normalized spacial score (nSPS) is 15.0. The lowest BCUT2D eigenvalue weighted by atomic mass is 10.2. The van der Waals surface area contributed by atoms with Crippen LogP contribution in [0.5, 0.6) is 0 Å². The number of imide groups is 1. The Morgan fingerprint density at radius 3 is 2.44 bits per heavy atom. The van der Waals surface area contributed by atoms with Crippen molar-refractivity contribution in [3.05, 3.63) is 40.4 Å². The van der Waals surface area contributed by atoms with Crippen LogP contribution in [0.15, 0.2) is 29.8 Å². The molecule has 0 aromatic heterocycles. The summed E-state index contributed by atoms with van der Waals surface area (Å²) in [4.78, 5) is 35.2. The van der Waals surface area contributed by atoms with Crippen LogP contribution >= 0.6 is 11.6 Å². The van der Waals surface area contributed by atoms with Crippen molar-refractivity contribution in [2.45, 2.75) is 6.92 Å². The van der Waals surface area contributed by atoms with Gasteiger partial charge < -0.3 is 5.11 Å². The number of carbonyl (C=O) groups is 3. The van der Waals surface area contributed by atoms with Crippen LogP contribution < -0.4 is 4.90 Å². The van der Waals surface area contributed by atoms with Gasteiger partial charge in [-0.25, -0.2) is 9.69 Å². The molecule has 2 rings (SSSR count). The van der Waals surface area contributed by atoms with E-state index in [9.17, 15) is 14.4 Å². The fraction of sp³-hybridized carbons (Fsp3) is 0.0833. The number of halogens is 1. The molecule has 5 nitrogen and oxygen atoms in total. The van der Waals surface area contributed by atoms with Crippen LogP contribution in [-0.2, 0) is 9.59 Å². The van der Waals surface area contributed by atoms with Gasteiger partial charge in [0.25, 0.3) is 11.8 Å². The average molecular weight is 266 g/mol. The second-order valence-electron chi connectivity index (χ2n) is 3.81. The van der Waals surface area contributed by atoms with E-state index in [2.05, 4.69) is 0 Å². The van der Waals surface area contributed by atoms with Gasteiger partial charge in [0.15, 0.2) is 0 Å². The fourth-order valence-electron chi connectivity index (χ4n) is 1.66. The molecule has 0 saturated carbocycles. The van der Waals surface area contributed by atoms with Gasteiger partial charge in [-0.15, -0.1) is 0 Å². The summed E-state index contributed by atoms with van der Waals surface area (Å²) in [6.45, 7) is 1.52. The van der Waals surface area contributed by atoms with E-state index >= 15 is 0 Å². The third-order valence-electron chi connectivity index (χ3n) is 2.49. The van der Waals surface area contributed by atoms with E-state index < -0.39 is 17.8 Å². The van der Waals surface area contributed by atoms with Crippen molar-refractivity contribution in [3.8, 4) is 0 Å². The minimum absolute atomic E-state index is 0.0809. The molecule has 2 amide bonds. The molecule has 1 aromatic rings. The number of nitrogens with zero attached hydrogens (tertiary/aromatic N) is 1. The number of aromatic carboxylic acids is 1. The third kappa shape index (κ3) is 2.00. The lowest BCUT2D eigenvalue weighted by molar-refractivity contribution is -0.120. The van der Waals surface area contributed by atoms with Crippen LogP contribution in [0.3, 0.4) is 0 Å². The molecule has 18 heavy (non-hydrogen) atoms. The predicted octanol–water partition coefficient (Wildman–Crippen LogP) is 1.86. The van der Waals surface area contributed by atoms with Crippen molar-refractivity contribution in [3.63, 3.8) is 0 Å². The highest BCUT2D eigenvalue weighted by molar-refractivity contribution is 6.33. The zero-order valence-corrected chi connectivity index (χ0v) is 10.1. The lowest BCUT2D eigenvalue weighted by Crippen LogP contribution is -2.30. The van der Waals surface area contributed by atoms with E-state index in [-0.39, 0.29) is 16.3 Å². The predicted molar refractivity (Wildman–Crippen MR) is 64.7 cm³/mol. The molecule has 1 aromatic carbocycles. The highest BCUT2D eigenvalue weighted by Gasteiger charge is 2.30. The van der Waals surface area contributed by atoms with Gasteiger partial charge in [-0.05, 0) is 25.1 Å². The van der Waals surface area contributed by atoms with E-state index in [1.807, 2.05) is 0 Å². The highest BCUT2D eigenvalue weighted by atomic mass is 35.5. The van der Waals surface area contributed by atoms with Crippen LogP contribution in [-0.4, -0.2) is 22.9 Å². The summed E-state index contributed by atoms with van der Waals surface area (Å²) in [6.07, 6.45) is 1.20. The SMILES string of the molecule is CC1=CC(=O)N(c2cc(Cl)cc(C(=O)O)c2)C1=O. The first kappa shape index (κ1) is 12.3. The Morgan fingerprint density at radius 1 is 1.28 bits per heavy atom. The molecule has 1 N–H and O–H groups in total. The Labute approximate surface area is 107 Å². The van der Waals surface area contributed by atoms with Crippen LogP contribution in [0.4, 0.5) is 5.69 Å². The Balaban J connectivity index is 2.50. The van der Waals surface area contributed by atoms with Crippen molar-refractivity contribution in [2.24, 2.45) is 0 Å². The zero-order chi connectivity index (χ0) is 13.4. The molecular weight excluding hydrogens is 258 g/mol. The van der Waals surface area contributed by atoms with Crippen molar-refractivity contribution >= 4 is 35.1 Å². The fourth-order valence-corrected chi connectivity index (χ4v) is 1.89. The van der Waals surface area contributed by atoms with E-state index in [1.165, 1.54) is 31.2 Å². The summed E-state index contributed by atoms with van der Waals surface area (Å²) in [6, 6.07) is 3.85. The van der Waals surface area contributed by atoms with Gasteiger partial charge in [-0.2, -0.15) is 0 Å². The molecule has 0 unspecified atom stereocenters. The average Bonchev–Trinajstić information content (AvgIpc) is 2.52. The minimum atomic E-state index is -1.18. The molecular formula is C12H8ClNO4. The van der Waals surface area contributed by atoms with E-state index in [1.54, 1.807) is 0 Å². The van der Waals surface area contributed by atoms with Gasteiger partial charge in [0.2, 0.25) is 0 Å². The number of hydrogen-bond donors (Lipinski definition) is 1. The summed E-state index contributed by atoms with van der Waals surface area (Å²) in [7, 11) is 0. The molecule has 1 aliphatic heterocycles. The molecule has 92 valence electrons. The standard InChI is InChI=1S/C12H8ClNO4/c1-6-2-10(15)14(11(6)16)9-4-7(12(17)18)3-8(13)5-9/h2-5H,1H3,(H,17,18). The molecule has 6 heteroatoms. The van der Waals surface area contributed by atoms with Gasteiger partial charge in [-0.1, -0.05) is 11.6 Å². The zero-order valence-electron chi connectivity index (χ0n) is 9.31. The topological polar surface area (TPSA) is 74.7 Å². The molecule has 0 atom stereocenters. The number of rotatable bonds is 2. The van der Waals surface area contributed by atoms with Gasteiger partial charge in [0, 0.05) is 16.7 Å². The lowest BCUT2D eigenvalue weighted by Gasteiger charge is -2.15. The number of carboxylic acids is 1.